The van der Waals surface area contributed by atoms with Crippen LogP contribution in [0.3, 0.4) is 0 Å². The first-order chi connectivity index (χ1) is 13.7. The van der Waals surface area contributed by atoms with Crippen LogP contribution >= 0.6 is 63.7 Å². The topological polar surface area (TPSA) is 89.5 Å². The van der Waals surface area contributed by atoms with Crippen molar-refractivity contribution in [2.45, 2.75) is 28.1 Å². The van der Waals surface area contributed by atoms with Crippen LogP contribution in [0.4, 0.5) is 0 Å². The molecule has 5 atom stereocenters. The second-order valence-corrected chi connectivity index (χ2v) is 10.8. The summed E-state index contributed by atoms with van der Waals surface area (Å²) < 4.78 is 6.75. The first kappa shape index (κ1) is 28.3. The number of hydrogen-bond donors (Lipinski definition) is 0. The van der Waals surface area contributed by atoms with E-state index in [1.54, 1.807) is 24.3 Å². The van der Waals surface area contributed by atoms with E-state index in [0.29, 0.717) is 27.8 Å². The van der Waals surface area contributed by atoms with E-state index in [2.05, 4.69) is 63.7 Å². The first-order valence-corrected chi connectivity index (χ1v) is 12.1. The van der Waals surface area contributed by atoms with Crippen molar-refractivity contribution in [2.75, 3.05) is 0 Å². The molecule has 2 aliphatic rings. The van der Waals surface area contributed by atoms with Crippen LogP contribution in [0, 0.1) is 5.92 Å². The number of aromatic carboxylic acids is 1. The number of carboxylic acids is 1. The van der Waals surface area contributed by atoms with Crippen molar-refractivity contribution in [1.29, 1.82) is 0 Å². The van der Waals surface area contributed by atoms with Gasteiger partial charge < -0.3 is 19.7 Å². The fourth-order valence-corrected chi connectivity index (χ4v) is 7.32. The second-order valence-electron chi connectivity index (χ2n) is 7.03. The minimum atomic E-state index is -1.28. The maximum absolute atomic E-state index is 12.6. The Hall–Kier alpha value is 1.10. The third-order valence-corrected chi connectivity index (χ3v) is 8.57. The van der Waals surface area contributed by atoms with E-state index in [0.717, 1.165) is 0 Å². The van der Waals surface area contributed by atoms with Gasteiger partial charge in [0.15, 0.2) is 5.78 Å². The molecule has 0 aromatic heterocycles. The molecule has 31 heavy (non-hydrogen) atoms. The van der Waals surface area contributed by atoms with Gasteiger partial charge in [-0.1, -0.05) is 77.8 Å². The van der Waals surface area contributed by atoms with Crippen molar-refractivity contribution in [3.63, 3.8) is 0 Å². The molecule has 5 unspecified atom stereocenters. The van der Waals surface area contributed by atoms with Crippen LogP contribution in [-0.2, 0) is 4.79 Å². The Labute approximate surface area is 257 Å². The van der Waals surface area contributed by atoms with E-state index in [1.807, 2.05) is 0 Å². The summed E-state index contributed by atoms with van der Waals surface area (Å²) in [5.74, 6) is -1.87. The van der Waals surface area contributed by atoms with Gasteiger partial charge in [0, 0.05) is 27.4 Å². The zero-order valence-corrected chi connectivity index (χ0v) is 26.9. The third-order valence-electron chi connectivity index (χ3n) is 5.46. The average Bonchev–Trinajstić information content (AvgIpc) is 2.69. The van der Waals surface area contributed by atoms with Gasteiger partial charge in [-0.3, -0.25) is 4.79 Å². The third kappa shape index (κ3) is 5.07. The van der Waals surface area contributed by atoms with Gasteiger partial charge in [-0.15, -0.1) is 0 Å². The van der Waals surface area contributed by atoms with Crippen molar-refractivity contribution in [1.82, 2.24) is 0 Å². The standard InChI is InChI=1S/C20H14Br4O5.2Na/c21-11-5-9-13(7-3-1-2-4-8(7)20(27)28)10-6-12(22)17(26)15(24)19(10)29-18(9)14(23)16(11)25;;/h1-5,10,12-13,15,19,25H,6H2,(H,27,28);;/q;2*+1/p-2. The number of fused-ring (bicyclic) bond motifs is 2. The van der Waals surface area contributed by atoms with Crippen LogP contribution in [-0.4, -0.2) is 27.5 Å². The molecule has 0 bridgehead atoms. The molecule has 0 radical (unpaired) electrons. The number of Topliss-reactive ketones (excluding diaryl/α,β-unsaturated/α-hetero) is 1. The molecule has 1 aliphatic carbocycles. The average molecular weight is 698 g/mol. The van der Waals surface area contributed by atoms with Crippen molar-refractivity contribution < 1.29 is 83.7 Å². The van der Waals surface area contributed by atoms with Crippen molar-refractivity contribution in [3.05, 3.63) is 56.0 Å². The summed E-state index contributed by atoms with van der Waals surface area (Å²) >= 11 is 13.5. The number of hydrogen-bond acceptors (Lipinski definition) is 5. The SMILES string of the molecule is O=C([O-])c1ccccc1C1c2cc(Br)c([O-])c(Br)c2OC2C(Br)C(=O)C(Br)CC12.[Na+].[Na+]. The molecular formula is C20H12Br4Na2O5. The molecule has 0 spiro atoms. The minimum absolute atomic E-state index is 0. The fourth-order valence-electron chi connectivity index (χ4n) is 4.19. The maximum Gasteiger partial charge on any atom is 1.00 e. The molecule has 152 valence electrons. The number of carbonyl (C=O) groups excluding carboxylic acids is 2. The zero-order chi connectivity index (χ0) is 21.0. The van der Waals surface area contributed by atoms with Crippen molar-refractivity contribution in [3.8, 4) is 11.5 Å². The molecule has 4 rings (SSSR count). The van der Waals surface area contributed by atoms with Crippen LogP contribution < -0.4 is 74.1 Å². The molecule has 2 aromatic carbocycles. The number of rotatable bonds is 2. The fraction of sp³-hybridized carbons (Fsp3) is 0.300. The van der Waals surface area contributed by atoms with E-state index in [1.165, 1.54) is 6.07 Å². The van der Waals surface area contributed by atoms with E-state index in [-0.39, 0.29) is 91.4 Å². The summed E-state index contributed by atoms with van der Waals surface area (Å²) in [6.45, 7) is 0. The monoisotopic (exact) mass is 694 g/mol. The van der Waals surface area contributed by atoms with Crippen LogP contribution in [0.2, 0.25) is 0 Å². The summed E-state index contributed by atoms with van der Waals surface area (Å²) in [4.78, 5) is 23.4. The second kappa shape index (κ2) is 11.2. The van der Waals surface area contributed by atoms with Gasteiger partial charge in [0.05, 0.1) is 15.3 Å². The number of benzene rings is 2. The molecule has 5 nitrogen and oxygen atoms in total. The molecule has 1 fully saturated rings. The van der Waals surface area contributed by atoms with Crippen LogP contribution in [0.25, 0.3) is 0 Å². The van der Waals surface area contributed by atoms with E-state index in [9.17, 15) is 19.8 Å². The smallest absolute Gasteiger partial charge is 0.871 e. The Morgan fingerprint density at radius 3 is 2.39 bits per heavy atom. The van der Waals surface area contributed by atoms with Crippen LogP contribution in [0.5, 0.6) is 11.5 Å². The minimum Gasteiger partial charge on any atom is -0.871 e. The normalized spacial score (nSPS) is 26.5. The van der Waals surface area contributed by atoms with E-state index >= 15 is 0 Å². The van der Waals surface area contributed by atoms with Crippen molar-refractivity contribution in [2.24, 2.45) is 5.92 Å². The molecule has 0 N–H and O–H groups in total. The quantitative estimate of drug-likeness (QED) is 0.260. The first-order valence-electron chi connectivity index (χ1n) is 8.70. The van der Waals surface area contributed by atoms with Gasteiger partial charge in [-0.05, 0) is 34.0 Å². The summed E-state index contributed by atoms with van der Waals surface area (Å²) in [5, 5.41) is 24.3. The number of carboxylic acid groups (broad SMARTS) is 1. The van der Waals surface area contributed by atoms with Crippen LogP contribution in [0.15, 0.2) is 39.3 Å². The Morgan fingerprint density at radius 2 is 1.74 bits per heavy atom. The van der Waals surface area contributed by atoms with Gasteiger partial charge in [0.1, 0.15) is 16.7 Å². The Balaban J connectivity index is 0.00000171. The zero-order valence-electron chi connectivity index (χ0n) is 16.5. The molecule has 0 amide bonds. The Morgan fingerprint density at radius 1 is 1.10 bits per heavy atom. The molecule has 1 aliphatic heterocycles. The van der Waals surface area contributed by atoms with Gasteiger partial charge >= 0.3 is 59.1 Å². The molecule has 1 saturated carbocycles. The number of carbonyl (C=O) groups is 2. The number of alkyl halides is 2. The summed E-state index contributed by atoms with van der Waals surface area (Å²) in [5.41, 5.74) is 1.34. The largest absolute Gasteiger partial charge is 1.00 e. The van der Waals surface area contributed by atoms with E-state index < -0.39 is 22.8 Å². The number of halogens is 4. The Kier molecular flexibility index (Phi) is 10.3. The molecule has 11 heteroatoms. The summed E-state index contributed by atoms with van der Waals surface area (Å²) in [7, 11) is 0. The molecule has 0 saturated heterocycles. The van der Waals surface area contributed by atoms with Crippen LogP contribution in [0.1, 0.15) is 33.8 Å². The predicted molar refractivity (Wildman–Crippen MR) is 117 cm³/mol. The van der Waals surface area contributed by atoms with Gasteiger partial charge in [0.25, 0.3) is 0 Å². The van der Waals surface area contributed by atoms with Gasteiger partial charge in [-0.25, -0.2) is 0 Å². The van der Waals surface area contributed by atoms with Gasteiger partial charge in [0.2, 0.25) is 0 Å². The summed E-state index contributed by atoms with van der Waals surface area (Å²) in [6, 6.07) is 8.34. The Bertz CT molecular complexity index is 1030. The number of ether oxygens (including phenoxy) is 1. The number of ketones is 1. The van der Waals surface area contributed by atoms with Crippen molar-refractivity contribution >= 4 is 75.5 Å². The van der Waals surface area contributed by atoms with E-state index in [4.69, 9.17) is 4.74 Å². The van der Waals surface area contributed by atoms with Gasteiger partial charge in [-0.2, -0.15) is 0 Å². The predicted octanol–water partition coefficient (Wildman–Crippen LogP) is -2.33. The summed E-state index contributed by atoms with van der Waals surface area (Å²) in [6.07, 6.45) is -0.0914. The maximum atomic E-state index is 12.6. The molecule has 2 aromatic rings. The molecule has 1 heterocycles. The molecular weight excluding hydrogens is 686 g/mol.